The van der Waals surface area contributed by atoms with Crippen LogP contribution in [0.15, 0.2) is 114 Å². The zero-order chi connectivity index (χ0) is 93.5. The lowest BCUT2D eigenvalue weighted by Crippen LogP contribution is -2.33. The first kappa shape index (κ1) is 92.4. The number of carbonyl (C=O) groups is 5. The van der Waals surface area contributed by atoms with Gasteiger partial charge in [-0.3, -0.25) is 28.2 Å². The van der Waals surface area contributed by atoms with Crippen molar-refractivity contribution in [3.63, 3.8) is 0 Å². The first-order chi connectivity index (χ1) is 62.6. The number of nitrogen functional groups attached to an aromatic ring is 5. The number of nitrogens with one attached hydrogen (secondary N) is 4. The summed E-state index contributed by atoms with van der Waals surface area (Å²) in [5.74, 6) is 6.88. The van der Waals surface area contributed by atoms with Crippen molar-refractivity contribution in [2.45, 2.75) is 124 Å². The van der Waals surface area contributed by atoms with E-state index in [1.54, 1.807) is 39.7 Å². The van der Waals surface area contributed by atoms with Crippen molar-refractivity contribution in [3.8, 4) is 17.4 Å². The lowest BCUT2D eigenvalue weighted by Gasteiger charge is -2.22. The number of halogens is 1. The first-order valence-corrected chi connectivity index (χ1v) is 47.9. The topological polar surface area (TPSA) is 469 Å². The number of pyridine rings is 2. The molecule has 4 fully saturated rings. The molecular formula is C92H98FN23O9S6. The van der Waals surface area contributed by atoms with Crippen molar-refractivity contribution in [2.75, 3.05) is 87.3 Å². The third-order valence-electron chi connectivity index (χ3n) is 24.1. The molecule has 2 saturated carbocycles. The molecule has 3 aromatic carbocycles. The van der Waals surface area contributed by atoms with Gasteiger partial charge in [0.2, 0.25) is 5.88 Å². The highest BCUT2D eigenvalue weighted by Crippen LogP contribution is 2.46. The highest BCUT2D eigenvalue weighted by Gasteiger charge is 2.45. The molecule has 7 atom stereocenters. The summed E-state index contributed by atoms with van der Waals surface area (Å²) in [6.45, 7) is 23.0. The molecular weight excluding hydrogens is 1780 g/mol. The largest absolute Gasteiger partial charge is 0.497 e. The number of hydrogen-bond acceptors (Lipinski definition) is 32. The number of anilines is 6. The predicted molar refractivity (Wildman–Crippen MR) is 518 cm³/mol. The molecule has 14 heterocycles. The molecule has 2 aliphatic heterocycles. The van der Waals surface area contributed by atoms with Gasteiger partial charge in [-0.1, -0.05) is 42.5 Å². The van der Waals surface area contributed by atoms with Crippen LogP contribution in [0.5, 0.6) is 17.4 Å². The summed E-state index contributed by atoms with van der Waals surface area (Å²) >= 11 is 6.37. The Morgan fingerprint density at radius 1 is 0.458 bits per heavy atom. The molecule has 0 bridgehead atoms. The van der Waals surface area contributed by atoms with Gasteiger partial charge in [0.25, 0.3) is 29.5 Å². The molecule has 678 valence electrons. The fraction of sp³-hybridized carbons (Fsp3) is 0.304. The molecule has 3 unspecified atom stereocenters. The maximum Gasteiger partial charge on any atom is 0.266 e. The number of fused-ring (bicyclic) bond motifs is 6. The number of likely N-dealkylation sites (tertiary alicyclic amines) is 1. The lowest BCUT2D eigenvalue weighted by atomic mass is 10.0. The van der Waals surface area contributed by atoms with Gasteiger partial charge >= 0.3 is 0 Å². The van der Waals surface area contributed by atoms with Crippen LogP contribution in [0.3, 0.4) is 0 Å². The van der Waals surface area contributed by atoms with E-state index in [2.05, 4.69) is 93.0 Å². The zero-order valence-corrected chi connectivity index (χ0v) is 79.3. The maximum atomic E-state index is 14.1. The summed E-state index contributed by atoms with van der Waals surface area (Å²) in [6.07, 6.45) is 6.73. The van der Waals surface area contributed by atoms with E-state index in [0.29, 0.717) is 114 Å². The number of amides is 5. The number of benzene rings is 3. The summed E-state index contributed by atoms with van der Waals surface area (Å²) in [6, 6.07) is 30.1. The van der Waals surface area contributed by atoms with Crippen LogP contribution in [0.2, 0.25) is 0 Å². The van der Waals surface area contributed by atoms with Crippen molar-refractivity contribution in [3.05, 3.63) is 218 Å². The number of aryl methyl sites for hydroxylation is 10. The molecule has 131 heavy (non-hydrogen) atoms. The third-order valence-corrected chi connectivity index (χ3v) is 30.8. The van der Waals surface area contributed by atoms with Gasteiger partial charge in [-0.15, -0.1) is 82.2 Å². The van der Waals surface area contributed by atoms with E-state index in [4.69, 9.17) is 42.9 Å². The Bertz CT molecular complexity index is 6900. The number of nitrogens with zero attached hydrogens (tertiary/aromatic N) is 14. The normalized spacial score (nSPS) is 16.8. The zero-order valence-electron chi connectivity index (χ0n) is 74.4. The number of thiophene rings is 5. The van der Waals surface area contributed by atoms with Crippen LogP contribution >= 0.6 is 56.7 Å². The van der Waals surface area contributed by atoms with Crippen LogP contribution in [-0.4, -0.2) is 171 Å². The molecule has 19 rings (SSSR count). The Morgan fingerprint density at radius 3 is 1.17 bits per heavy atom. The molecule has 39 heteroatoms. The third kappa shape index (κ3) is 19.5. The second-order valence-corrected chi connectivity index (χ2v) is 40.2. The fourth-order valence-electron chi connectivity index (χ4n) is 15.8. The molecule has 14 N–H and O–H groups in total. The van der Waals surface area contributed by atoms with Gasteiger partial charge in [-0.05, 0) is 196 Å². The Hall–Kier alpha value is -13.3. The second-order valence-electron chi connectivity index (χ2n) is 32.7. The van der Waals surface area contributed by atoms with Crippen LogP contribution in [0.1, 0.15) is 152 Å². The van der Waals surface area contributed by atoms with E-state index >= 15 is 0 Å². The van der Waals surface area contributed by atoms with Crippen molar-refractivity contribution in [1.82, 2.24) is 87.1 Å². The minimum absolute atomic E-state index is 0.0244. The molecule has 0 spiro atoms. The minimum Gasteiger partial charge on any atom is -0.497 e. The summed E-state index contributed by atoms with van der Waals surface area (Å²) in [5.41, 5.74) is 46.3. The van der Waals surface area contributed by atoms with Crippen molar-refractivity contribution >= 4 is 187 Å². The molecule has 2 saturated heterocycles. The SMILES string of the molecule is C=S(C)(=O)c1ccc(CNC(=O)c2sc3nnc(C)c(C)c3c2N)cc1F.COc1ccc(CNC(=O)c2sc3nnc(C)c(C)c3c2N)cn1.COc1ccc([C@@H]2C[C@H]2NC(=O)c2sc3nnc(C)c(C)c3c2N)cc1.COc1ccc([C@H]2C[C@@H]2NC(=O)c2sc3nnc(C)c(C)c3c2N)cc1.Cc1nnc2sc(C(=O)N3CC4CN(c5ccccn5)CC4C3)c(N)c2c1C. The van der Waals surface area contributed by atoms with Gasteiger partial charge in [0, 0.05) is 127 Å². The summed E-state index contributed by atoms with van der Waals surface area (Å²) in [7, 11) is 2.22. The standard InChI is InChI=1S/C20H22N6OS.2C19H20N4O2S.C18H19FN4O2S2.C16H17N5O2S/c1-11-12(2)23-24-19-16(11)17(21)18(28-19)20(27)26-9-13-7-25(8-14(13)10-26)15-5-3-4-6-22-15;2*1-9-10(2)22-23-19-15(9)16(20)17(26-19)18(24)21-14-8-13(14)11-4-6-12(25-3)7-5-11;1-9-10(2)22-23-18-14(9)15(20)16(26-18)17(24)21-8-11-5-6-13(12(19)7-11)27(3,4)25;1-8-9(2)20-21-16-12(8)13(17)14(24-16)15(22)19-7-10-4-5-11(23-3)18-6-10/h3-6,13-14H,7-10,21H2,1-2H3;2*4-7,13-14H,8,20H2,1-3H3,(H,21,24);5-7H,3,8,20H2,1-2,4H3,(H,21,24);4-6H,7,17H2,1-3H3,(H,19,22)/t;2*13-,14+;;/m.10../s1. The van der Waals surface area contributed by atoms with Gasteiger partial charge in [0.15, 0.2) is 0 Å². The number of aromatic nitrogens is 12. The number of ether oxygens (including phenoxy) is 3. The lowest BCUT2D eigenvalue weighted by molar-refractivity contribution is 0.0787. The quantitative estimate of drug-likeness (QED) is 0.0360. The summed E-state index contributed by atoms with van der Waals surface area (Å²) in [5, 5.41) is 57.2. The molecule has 32 nitrogen and oxygen atoms in total. The van der Waals surface area contributed by atoms with Gasteiger partial charge < -0.3 is 73.9 Å². The molecule has 5 amide bonds. The van der Waals surface area contributed by atoms with Gasteiger partial charge in [0.05, 0.1) is 83.1 Å². The molecule has 12 aromatic heterocycles. The van der Waals surface area contributed by atoms with Crippen LogP contribution < -0.4 is 69.0 Å². The molecule has 0 radical (unpaired) electrons. The van der Waals surface area contributed by atoms with Crippen molar-refractivity contribution in [1.29, 1.82) is 0 Å². The van der Waals surface area contributed by atoms with Crippen molar-refractivity contribution < 1.29 is 46.8 Å². The molecule has 2 aliphatic carbocycles. The van der Waals surface area contributed by atoms with Gasteiger partial charge in [0.1, 0.15) is 71.7 Å². The Kier molecular flexibility index (Phi) is 27.1. The van der Waals surface area contributed by atoms with Crippen LogP contribution in [0.25, 0.3) is 51.1 Å². The highest BCUT2D eigenvalue weighted by molar-refractivity contribution is 7.99. The maximum absolute atomic E-state index is 14.1. The average molecular weight is 1880 g/mol. The Labute approximate surface area is 774 Å². The van der Waals surface area contributed by atoms with E-state index in [-0.39, 0.29) is 53.1 Å². The predicted octanol–water partition coefficient (Wildman–Crippen LogP) is 13.8. The fourth-order valence-corrected chi connectivity index (χ4v) is 21.8. The smallest absolute Gasteiger partial charge is 0.266 e. The minimum atomic E-state index is -2.64. The number of methoxy groups -OCH3 is 3. The van der Waals surface area contributed by atoms with E-state index < -0.39 is 15.3 Å². The van der Waals surface area contributed by atoms with Crippen LogP contribution in [0, 0.1) is 86.9 Å². The summed E-state index contributed by atoms with van der Waals surface area (Å²) in [4.78, 5) is 82.4. The van der Waals surface area contributed by atoms with Gasteiger partial charge in [-0.25, -0.2) is 14.4 Å². The van der Waals surface area contributed by atoms with E-state index in [9.17, 15) is 32.6 Å². The average Bonchev–Trinajstić information content (AvgIpc) is 1.62. The van der Waals surface area contributed by atoms with E-state index in [0.717, 1.165) is 150 Å². The number of carbonyl (C=O) groups excluding carboxylic acids is 5. The number of rotatable bonds is 18. The number of hydrogen-bond donors (Lipinski definition) is 9. The Balaban J connectivity index is 0.000000126. The highest BCUT2D eigenvalue weighted by atomic mass is 32.2. The molecule has 15 aromatic rings. The second kappa shape index (κ2) is 38.4. The molecule has 4 aliphatic rings. The van der Waals surface area contributed by atoms with Gasteiger partial charge in [-0.2, -0.15) is 25.5 Å². The van der Waals surface area contributed by atoms with Crippen LogP contribution in [-0.2, 0) is 22.6 Å². The van der Waals surface area contributed by atoms with E-state index in [1.165, 1.54) is 86.2 Å². The van der Waals surface area contributed by atoms with Crippen molar-refractivity contribution in [2.24, 2.45) is 11.8 Å². The van der Waals surface area contributed by atoms with E-state index in [1.807, 2.05) is 153 Å². The number of nitrogens with two attached hydrogens (primary N) is 5. The monoisotopic (exact) mass is 1880 g/mol. The first-order valence-electron chi connectivity index (χ1n) is 41.7. The Morgan fingerprint density at radius 2 is 0.824 bits per heavy atom. The summed E-state index contributed by atoms with van der Waals surface area (Å²) < 4.78 is 41.4. The van der Waals surface area contributed by atoms with Crippen LogP contribution in [0.4, 0.5) is 38.6 Å².